The molecule has 1 N–H and O–H groups in total. The molecule has 1 aromatic heterocycles. The molecule has 1 aromatic rings. The smallest absolute Gasteiger partial charge is 0.323 e. The summed E-state index contributed by atoms with van der Waals surface area (Å²) in [6.45, 7) is -0.0869. The monoisotopic (exact) mass is 192 g/mol. The summed E-state index contributed by atoms with van der Waals surface area (Å²) < 4.78 is 6.18. The van der Waals surface area contributed by atoms with Gasteiger partial charge in [0.15, 0.2) is 0 Å². The van der Waals surface area contributed by atoms with E-state index in [2.05, 4.69) is 4.98 Å². The Morgan fingerprint density at radius 2 is 2.50 bits per heavy atom. The summed E-state index contributed by atoms with van der Waals surface area (Å²) in [5.74, 6) is -0.476. The second-order valence-corrected chi connectivity index (χ2v) is 1.98. The number of aromatic nitrogens is 2. The standard InChI is InChI=1S/C6H8N2O3.ClH/c1-11-5-2-8(4-7-5)3-6(9)10;/h2,4H,3H2,1H3,(H,9,10);1H. The van der Waals surface area contributed by atoms with Gasteiger partial charge in [-0.1, -0.05) is 0 Å². The molecule has 0 fully saturated rings. The van der Waals surface area contributed by atoms with E-state index in [0.29, 0.717) is 5.88 Å². The fourth-order valence-corrected chi connectivity index (χ4v) is 0.688. The van der Waals surface area contributed by atoms with Crippen molar-refractivity contribution in [2.75, 3.05) is 7.11 Å². The Morgan fingerprint density at radius 3 is 2.92 bits per heavy atom. The van der Waals surface area contributed by atoms with Crippen LogP contribution in [-0.2, 0) is 11.3 Å². The third-order valence-electron chi connectivity index (χ3n) is 1.14. The summed E-state index contributed by atoms with van der Waals surface area (Å²) in [6, 6.07) is 0. The van der Waals surface area contributed by atoms with Crippen LogP contribution in [0.5, 0.6) is 5.88 Å². The molecule has 68 valence electrons. The minimum Gasteiger partial charge on any atom is -0.480 e. The molecule has 0 radical (unpaired) electrons. The van der Waals surface area contributed by atoms with Crippen molar-refractivity contribution in [1.29, 1.82) is 0 Å². The van der Waals surface area contributed by atoms with Crippen molar-refractivity contribution < 1.29 is 14.6 Å². The topological polar surface area (TPSA) is 64.3 Å². The number of hydrogen-bond acceptors (Lipinski definition) is 3. The molecule has 0 saturated heterocycles. The van der Waals surface area contributed by atoms with Crippen LogP contribution >= 0.6 is 12.4 Å². The van der Waals surface area contributed by atoms with E-state index in [1.807, 2.05) is 0 Å². The van der Waals surface area contributed by atoms with Crippen molar-refractivity contribution >= 4 is 18.4 Å². The van der Waals surface area contributed by atoms with Crippen LogP contribution in [0.2, 0.25) is 0 Å². The Bertz CT molecular complexity index is 261. The second kappa shape index (κ2) is 4.61. The maximum atomic E-state index is 10.2. The number of halogens is 1. The van der Waals surface area contributed by atoms with Gasteiger partial charge in [-0.3, -0.25) is 4.79 Å². The number of imidazole rings is 1. The van der Waals surface area contributed by atoms with Crippen LogP contribution in [-0.4, -0.2) is 27.7 Å². The Kier molecular flexibility index (Phi) is 4.14. The summed E-state index contributed by atoms with van der Waals surface area (Å²) in [5, 5.41) is 8.36. The number of rotatable bonds is 3. The molecule has 0 saturated carbocycles. The number of aliphatic carboxylic acids is 1. The summed E-state index contributed by atoms with van der Waals surface area (Å²) >= 11 is 0. The molecular weight excluding hydrogens is 184 g/mol. The molecular formula is C6H9ClN2O3. The lowest BCUT2D eigenvalue weighted by Gasteiger charge is -1.93. The maximum absolute atomic E-state index is 10.2. The fourth-order valence-electron chi connectivity index (χ4n) is 0.688. The normalized spacial score (nSPS) is 8.75. The highest BCUT2D eigenvalue weighted by Crippen LogP contribution is 2.03. The number of nitrogens with zero attached hydrogens (tertiary/aromatic N) is 2. The second-order valence-electron chi connectivity index (χ2n) is 1.98. The molecule has 12 heavy (non-hydrogen) atoms. The van der Waals surface area contributed by atoms with Crippen molar-refractivity contribution in [3.05, 3.63) is 12.5 Å². The van der Waals surface area contributed by atoms with E-state index in [-0.39, 0.29) is 19.0 Å². The van der Waals surface area contributed by atoms with E-state index in [9.17, 15) is 4.79 Å². The fraction of sp³-hybridized carbons (Fsp3) is 0.333. The van der Waals surface area contributed by atoms with Crippen LogP contribution in [0.15, 0.2) is 12.5 Å². The molecule has 0 aliphatic heterocycles. The lowest BCUT2D eigenvalue weighted by Crippen LogP contribution is -2.06. The quantitative estimate of drug-likeness (QED) is 0.753. The third-order valence-corrected chi connectivity index (χ3v) is 1.14. The van der Waals surface area contributed by atoms with Gasteiger partial charge in [0, 0.05) is 0 Å². The predicted molar refractivity (Wildman–Crippen MR) is 43.7 cm³/mol. The molecule has 5 nitrogen and oxygen atoms in total. The number of carboxylic acid groups (broad SMARTS) is 1. The number of ether oxygens (including phenoxy) is 1. The van der Waals surface area contributed by atoms with Crippen molar-refractivity contribution in [3.63, 3.8) is 0 Å². The van der Waals surface area contributed by atoms with E-state index in [1.165, 1.54) is 24.2 Å². The largest absolute Gasteiger partial charge is 0.480 e. The molecule has 1 rings (SSSR count). The van der Waals surface area contributed by atoms with Gasteiger partial charge in [0.05, 0.1) is 19.6 Å². The molecule has 0 atom stereocenters. The van der Waals surface area contributed by atoms with Gasteiger partial charge in [0.2, 0.25) is 5.88 Å². The summed E-state index contributed by atoms with van der Waals surface area (Å²) in [4.78, 5) is 13.9. The molecule has 6 heteroatoms. The highest BCUT2D eigenvalue weighted by Gasteiger charge is 2.00. The van der Waals surface area contributed by atoms with E-state index in [4.69, 9.17) is 9.84 Å². The molecule has 0 bridgehead atoms. The Balaban J connectivity index is 0.00000121. The summed E-state index contributed by atoms with van der Waals surface area (Å²) in [5.41, 5.74) is 0. The molecule has 0 aromatic carbocycles. The molecule has 0 amide bonds. The zero-order valence-electron chi connectivity index (χ0n) is 6.43. The third kappa shape index (κ3) is 2.79. The Labute approximate surface area is 75.4 Å². The van der Waals surface area contributed by atoms with Gasteiger partial charge < -0.3 is 14.4 Å². The first-order valence-electron chi connectivity index (χ1n) is 3.00. The number of methoxy groups -OCH3 is 1. The molecule has 0 aliphatic carbocycles. The predicted octanol–water partition coefficient (Wildman–Crippen LogP) is 0.398. The lowest BCUT2D eigenvalue weighted by molar-refractivity contribution is -0.137. The van der Waals surface area contributed by atoms with E-state index in [1.54, 1.807) is 0 Å². The average Bonchev–Trinajstić information content (AvgIpc) is 2.34. The van der Waals surface area contributed by atoms with Gasteiger partial charge in [0.1, 0.15) is 6.54 Å². The number of hydrogen-bond donors (Lipinski definition) is 1. The average molecular weight is 193 g/mol. The molecule has 1 heterocycles. The van der Waals surface area contributed by atoms with Crippen molar-refractivity contribution in [3.8, 4) is 5.88 Å². The van der Waals surface area contributed by atoms with Gasteiger partial charge in [0.25, 0.3) is 0 Å². The molecule has 0 spiro atoms. The van der Waals surface area contributed by atoms with E-state index >= 15 is 0 Å². The van der Waals surface area contributed by atoms with Crippen LogP contribution in [0.4, 0.5) is 0 Å². The van der Waals surface area contributed by atoms with Gasteiger partial charge in [-0.15, -0.1) is 12.4 Å². The highest BCUT2D eigenvalue weighted by molar-refractivity contribution is 5.85. The van der Waals surface area contributed by atoms with Crippen molar-refractivity contribution in [2.45, 2.75) is 6.54 Å². The van der Waals surface area contributed by atoms with E-state index in [0.717, 1.165) is 0 Å². The Hall–Kier alpha value is -1.23. The SMILES string of the molecule is COc1cn(CC(=O)O)cn1.Cl. The van der Waals surface area contributed by atoms with Gasteiger partial charge in [-0.05, 0) is 0 Å². The van der Waals surface area contributed by atoms with Crippen LogP contribution in [0, 0.1) is 0 Å². The highest BCUT2D eigenvalue weighted by atomic mass is 35.5. The minimum absolute atomic E-state index is 0. The van der Waals surface area contributed by atoms with Crippen LogP contribution in [0.3, 0.4) is 0 Å². The number of carboxylic acids is 1. The van der Waals surface area contributed by atoms with Gasteiger partial charge in [-0.2, -0.15) is 0 Å². The first kappa shape index (κ1) is 10.8. The first-order valence-corrected chi connectivity index (χ1v) is 3.00. The van der Waals surface area contributed by atoms with Crippen LogP contribution < -0.4 is 4.74 Å². The summed E-state index contributed by atoms with van der Waals surface area (Å²) in [7, 11) is 1.48. The Morgan fingerprint density at radius 1 is 1.83 bits per heavy atom. The van der Waals surface area contributed by atoms with Gasteiger partial charge in [-0.25, -0.2) is 4.98 Å². The summed E-state index contributed by atoms with van der Waals surface area (Å²) in [6.07, 6.45) is 2.93. The zero-order valence-corrected chi connectivity index (χ0v) is 7.24. The molecule has 0 unspecified atom stereocenters. The van der Waals surface area contributed by atoms with E-state index < -0.39 is 5.97 Å². The lowest BCUT2D eigenvalue weighted by atomic mass is 10.6. The van der Waals surface area contributed by atoms with Crippen molar-refractivity contribution in [1.82, 2.24) is 9.55 Å². The van der Waals surface area contributed by atoms with Crippen molar-refractivity contribution in [2.24, 2.45) is 0 Å². The first-order chi connectivity index (χ1) is 5.22. The van der Waals surface area contributed by atoms with Crippen LogP contribution in [0.1, 0.15) is 0 Å². The molecule has 0 aliphatic rings. The zero-order chi connectivity index (χ0) is 8.27. The van der Waals surface area contributed by atoms with Crippen LogP contribution in [0.25, 0.3) is 0 Å². The minimum atomic E-state index is -0.898. The van der Waals surface area contributed by atoms with Gasteiger partial charge >= 0.3 is 5.97 Å². The maximum Gasteiger partial charge on any atom is 0.323 e. The number of carbonyl (C=O) groups is 1.